The van der Waals surface area contributed by atoms with E-state index in [0.717, 1.165) is 0 Å². The molecule has 0 fully saturated rings. The van der Waals surface area contributed by atoms with E-state index in [1.54, 1.807) is 0 Å². The van der Waals surface area contributed by atoms with E-state index in [1.165, 1.54) is 0 Å². The average Bonchev–Trinajstić information content (AvgIpc) is 1.55. The molecule has 0 aliphatic carbocycles. The summed E-state index contributed by atoms with van der Waals surface area (Å²) in [5, 5.41) is 2.76. The fourth-order valence-electron chi connectivity index (χ4n) is 0.579. The van der Waals surface area contributed by atoms with E-state index in [-0.39, 0.29) is 12.1 Å². The molecule has 0 atom stereocenters. The molecule has 11 heavy (non-hydrogen) atoms. The van der Waals surface area contributed by atoms with E-state index in [2.05, 4.69) is 5.32 Å². The van der Waals surface area contributed by atoms with Crippen LogP contribution in [-0.4, -0.2) is 18.3 Å². The summed E-state index contributed by atoms with van der Waals surface area (Å²) in [5.74, 6) is 0. The van der Waals surface area contributed by atoms with Crippen molar-refractivity contribution >= 4 is 0 Å². The molecule has 68 valence electrons. The lowest BCUT2D eigenvalue weighted by molar-refractivity contribution is -0.133. The summed E-state index contributed by atoms with van der Waals surface area (Å²) in [5.41, 5.74) is -0.231. The van der Waals surface area contributed by atoms with Crippen LogP contribution in [0.25, 0.3) is 0 Å². The highest BCUT2D eigenvalue weighted by Gasteiger charge is 2.26. The van der Waals surface area contributed by atoms with E-state index < -0.39 is 12.6 Å². The van der Waals surface area contributed by atoms with Gasteiger partial charge in [0.1, 0.15) is 0 Å². The second kappa shape index (κ2) is 3.43. The number of rotatable bonds is 2. The summed E-state index contributed by atoms with van der Waals surface area (Å²) >= 11 is 0. The first-order valence-corrected chi connectivity index (χ1v) is 3.52. The molecule has 1 N–H and O–H groups in total. The second-order valence-electron chi connectivity index (χ2n) is 3.54. The van der Waals surface area contributed by atoms with Gasteiger partial charge in [0.15, 0.2) is 0 Å². The van der Waals surface area contributed by atoms with Gasteiger partial charge in [-0.1, -0.05) is 0 Å². The Hall–Kier alpha value is -0.250. The first-order valence-electron chi connectivity index (χ1n) is 3.52. The van der Waals surface area contributed by atoms with Crippen molar-refractivity contribution < 1.29 is 13.2 Å². The summed E-state index contributed by atoms with van der Waals surface area (Å²) in [6, 6.07) is 0. The van der Waals surface area contributed by atoms with Crippen LogP contribution in [0.3, 0.4) is 0 Å². The first kappa shape index (κ1) is 10.8. The molecule has 4 heteroatoms. The second-order valence-corrected chi connectivity index (χ2v) is 3.54. The first-order chi connectivity index (χ1) is 4.71. The van der Waals surface area contributed by atoms with Crippen LogP contribution in [0, 0.1) is 0 Å². The van der Waals surface area contributed by atoms with Crippen molar-refractivity contribution in [2.45, 2.75) is 38.9 Å². The van der Waals surface area contributed by atoms with Gasteiger partial charge in [-0.3, -0.25) is 0 Å². The van der Waals surface area contributed by atoms with E-state index in [4.69, 9.17) is 0 Å². The van der Waals surface area contributed by atoms with Gasteiger partial charge in [-0.2, -0.15) is 13.2 Å². The summed E-state index contributed by atoms with van der Waals surface area (Å²) in [6.45, 7) is 5.50. The van der Waals surface area contributed by atoms with Gasteiger partial charge in [-0.05, 0) is 20.8 Å². The topological polar surface area (TPSA) is 12.0 Å². The number of nitrogens with one attached hydrogen (secondary N) is 1. The van der Waals surface area contributed by atoms with Crippen LogP contribution < -0.4 is 5.32 Å². The maximum absolute atomic E-state index is 11.6. The molecule has 0 radical (unpaired) electrons. The lowest BCUT2D eigenvalue weighted by Gasteiger charge is -2.20. The van der Waals surface area contributed by atoms with Crippen molar-refractivity contribution in [3.05, 3.63) is 0 Å². The molecule has 0 saturated heterocycles. The molecule has 0 amide bonds. The Morgan fingerprint density at radius 3 is 1.82 bits per heavy atom. The molecular weight excluding hydrogens is 155 g/mol. The van der Waals surface area contributed by atoms with Crippen molar-refractivity contribution in [3.63, 3.8) is 0 Å². The Bertz CT molecular complexity index is 97.8. The van der Waals surface area contributed by atoms with Crippen molar-refractivity contribution in [2.24, 2.45) is 0 Å². The molecule has 0 aliphatic rings. The molecule has 0 aromatic rings. The Kier molecular flexibility index (Phi) is 3.35. The fraction of sp³-hybridized carbons (Fsp3) is 1.00. The Morgan fingerprint density at radius 1 is 1.09 bits per heavy atom. The molecule has 0 bridgehead atoms. The van der Waals surface area contributed by atoms with E-state index in [9.17, 15) is 13.2 Å². The molecule has 0 heterocycles. The molecule has 1 nitrogen and oxygen atoms in total. The van der Waals surface area contributed by atoms with Gasteiger partial charge in [0, 0.05) is 12.1 Å². The zero-order valence-electron chi connectivity index (χ0n) is 7.05. The van der Waals surface area contributed by atoms with Crippen LogP contribution in [0.4, 0.5) is 13.2 Å². The van der Waals surface area contributed by atoms with Crippen molar-refractivity contribution in [1.82, 2.24) is 5.32 Å². The van der Waals surface area contributed by atoms with E-state index in [1.807, 2.05) is 20.8 Å². The summed E-state index contributed by atoms with van der Waals surface area (Å²) in [6.07, 6.45) is -4.80. The SMILES string of the molecule is CC(C)(C)NCCC(F)(F)F. The summed E-state index contributed by atoms with van der Waals surface area (Å²) in [4.78, 5) is 0. The third kappa shape index (κ3) is 9.75. The lowest BCUT2D eigenvalue weighted by atomic mass is 10.1. The van der Waals surface area contributed by atoms with Gasteiger partial charge in [-0.15, -0.1) is 0 Å². The van der Waals surface area contributed by atoms with Gasteiger partial charge >= 0.3 is 6.18 Å². The van der Waals surface area contributed by atoms with Gasteiger partial charge < -0.3 is 5.32 Å². The van der Waals surface area contributed by atoms with Crippen LogP contribution in [-0.2, 0) is 0 Å². The van der Waals surface area contributed by atoms with E-state index in [0.29, 0.717) is 0 Å². The van der Waals surface area contributed by atoms with Gasteiger partial charge in [-0.25, -0.2) is 0 Å². The minimum absolute atomic E-state index is 0.00694. The summed E-state index contributed by atoms with van der Waals surface area (Å²) in [7, 11) is 0. The zero-order chi connectivity index (χ0) is 9.12. The van der Waals surface area contributed by atoms with Crippen LogP contribution >= 0.6 is 0 Å². The number of hydrogen-bond acceptors (Lipinski definition) is 1. The van der Waals surface area contributed by atoms with Crippen molar-refractivity contribution in [3.8, 4) is 0 Å². The standard InChI is InChI=1S/C7H14F3N/c1-6(2,3)11-5-4-7(8,9)10/h11H,4-5H2,1-3H3. The van der Waals surface area contributed by atoms with Crippen LogP contribution in [0.5, 0.6) is 0 Å². The maximum Gasteiger partial charge on any atom is 0.390 e. The Labute approximate surface area is 65.0 Å². The third-order valence-electron chi connectivity index (χ3n) is 1.06. The van der Waals surface area contributed by atoms with Crippen LogP contribution in [0.2, 0.25) is 0 Å². The van der Waals surface area contributed by atoms with Crippen LogP contribution in [0.15, 0.2) is 0 Å². The minimum Gasteiger partial charge on any atom is -0.312 e. The normalized spacial score (nSPS) is 13.6. The van der Waals surface area contributed by atoms with Crippen LogP contribution in [0.1, 0.15) is 27.2 Å². The van der Waals surface area contributed by atoms with Crippen molar-refractivity contribution in [1.29, 1.82) is 0 Å². The smallest absolute Gasteiger partial charge is 0.312 e. The van der Waals surface area contributed by atoms with Gasteiger partial charge in [0.05, 0.1) is 6.42 Å². The minimum atomic E-state index is -4.04. The molecule has 0 aromatic carbocycles. The molecule has 0 unspecified atom stereocenters. The molecule has 0 spiro atoms. The molecule has 0 saturated carbocycles. The zero-order valence-corrected chi connectivity index (χ0v) is 7.05. The fourth-order valence-corrected chi connectivity index (χ4v) is 0.579. The monoisotopic (exact) mass is 169 g/mol. The highest BCUT2D eigenvalue weighted by molar-refractivity contribution is 4.70. The molecule has 0 aromatic heterocycles. The number of hydrogen-bond donors (Lipinski definition) is 1. The van der Waals surface area contributed by atoms with Gasteiger partial charge in [0.2, 0.25) is 0 Å². The molecular formula is C7H14F3N. The molecule has 0 aliphatic heterocycles. The lowest BCUT2D eigenvalue weighted by Crippen LogP contribution is -2.37. The van der Waals surface area contributed by atoms with Gasteiger partial charge in [0.25, 0.3) is 0 Å². The Balaban J connectivity index is 3.44. The highest BCUT2D eigenvalue weighted by Crippen LogP contribution is 2.18. The number of halogens is 3. The predicted octanol–water partition coefficient (Wildman–Crippen LogP) is 2.33. The third-order valence-corrected chi connectivity index (χ3v) is 1.06. The quantitative estimate of drug-likeness (QED) is 0.669. The van der Waals surface area contributed by atoms with E-state index >= 15 is 0 Å². The van der Waals surface area contributed by atoms with Crippen molar-refractivity contribution in [2.75, 3.05) is 6.54 Å². The molecule has 0 rings (SSSR count). The Morgan fingerprint density at radius 2 is 1.55 bits per heavy atom. The number of alkyl halides is 3. The summed E-state index contributed by atoms with van der Waals surface area (Å²) < 4.78 is 34.8. The average molecular weight is 169 g/mol. The highest BCUT2D eigenvalue weighted by atomic mass is 19.4. The maximum atomic E-state index is 11.6. The predicted molar refractivity (Wildman–Crippen MR) is 38.4 cm³/mol. The largest absolute Gasteiger partial charge is 0.390 e.